The summed E-state index contributed by atoms with van der Waals surface area (Å²) in [5, 5.41) is -0.446. The zero-order valence-corrected chi connectivity index (χ0v) is 14.6. The van der Waals surface area contributed by atoms with E-state index in [1.165, 1.54) is 49.7 Å². The Morgan fingerprint density at radius 3 is 2.70 bits per heavy atom. The van der Waals surface area contributed by atoms with Crippen molar-refractivity contribution in [1.82, 2.24) is 14.9 Å². The summed E-state index contributed by atoms with van der Waals surface area (Å²) in [5.41, 5.74) is -0.812. The fraction of sp³-hybridized carbons (Fsp3) is 0.154. The first-order valence-corrected chi connectivity index (χ1v) is 8.57. The number of aromatic amines is 1. The molecule has 0 atom stereocenters. The number of halogens is 1. The second-order valence-corrected chi connectivity index (χ2v) is 7.16. The number of carbonyl (C=O) groups excluding carboxylic acids is 1. The van der Waals surface area contributed by atoms with E-state index >= 15 is 0 Å². The first-order valence-electron chi connectivity index (χ1n) is 6.30. The first-order chi connectivity index (χ1) is 10.7. The number of anilines is 1. The van der Waals surface area contributed by atoms with E-state index in [9.17, 15) is 18.0 Å². The van der Waals surface area contributed by atoms with Gasteiger partial charge in [-0.25, -0.2) is 4.98 Å². The van der Waals surface area contributed by atoms with Gasteiger partial charge in [0.2, 0.25) is 5.43 Å². The van der Waals surface area contributed by atoms with E-state index in [1.54, 1.807) is 0 Å². The molecule has 2 N–H and O–H groups in total. The van der Waals surface area contributed by atoms with Gasteiger partial charge in [0.1, 0.15) is 5.69 Å². The van der Waals surface area contributed by atoms with Crippen molar-refractivity contribution in [3.8, 4) is 0 Å². The van der Waals surface area contributed by atoms with Gasteiger partial charge in [0.05, 0.1) is 10.0 Å². The summed E-state index contributed by atoms with van der Waals surface area (Å²) < 4.78 is 27.3. The zero-order chi connectivity index (χ0) is 17.2. The van der Waals surface area contributed by atoms with Crippen LogP contribution in [0.15, 0.2) is 45.0 Å². The summed E-state index contributed by atoms with van der Waals surface area (Å²) in [6.45, 7) is 0. The van der Waals surface area contributed by atoms with Gasteiger partial charge in [-0.1, -0.05) is 0 Å². The van der Waals surface area contributed by atoms with Gasteiger partial charge < -0.3 is 9.88 Å². The second kappa shape index (κ2) is 6.50. The highest BCUT2D eigenvalue weighted by molar-refractivity contribution is 9.10. The van der Waals surface area contributed by atoms with E-state index < -0.39 is 26.4 Å². The molecule has 2 aromatic rings. The van der Waals surface area contributed by atoms with Gasteiger partial charge in [-0.3, -0.25) is 14.3 Å². The van der Waals surface area contributed by atoms with Crippen molar-refractivity contribution >= 4 is 37.5 Å². The van der Waals surface area contributed by atoms with Gasteiger partial charge in [0.15, 0.2) is 5.03 Å². The number of aromatic nitrogens is 2. The predicted octanol–water partition coefficient (Wildman–Crippen LogP) is 1.03. The van der Waals surface area contributed by atoms with Crippen LogP contribution < -0.4 is 10.2 Å². The standard InChI is InChI=1S/C13H13BrN4O4S/c1-18(2)13(20)8-4-3-5-16-12(8)23(21,22)17-10-7-15-6-9(14)11(10)19/h3-7,17H,1-2H3,(H,15,19). The van der Waals surface area contributed by atoms with Gasteiger partial charge in [-0.05, 0) is 28.1 Å². The number of sulfonamides is 1. The maximum absolute atomic E-state index is 12.5. The molecule has 2 heterocycles. The molecule has 0 aliphatic heterocycles. The van der Waals surface area contributed by atoms with E-state index in [2.05, 4.69) is 30.6 Å². The minimum Gasteiger partial charge on any atom is -0.365 e. The lowest BCUT2D eigenvalue weighted by molar-refractivity contribution is 0.0823. The summed E-state index contributed by atoms with van der Waals surface area (Å²) in [5.74, 6) is -0.512. The highest BCUT2D eigenvalue weighted by Gasteiger charge is 2.25. The minimum absolute atomic E-state index is 0.0866. The monoisotopic (exact) mass is 400 g/mol. The van der Waals surface area contributed by atoms with E-state index in [1.807, 2.05) is 0 Å². The van der Waals surface area contributed by atoms with Crippen molar-refractivity contribution in [3.63, 3.8) is 0 Å². The molecule has 10 heteroatoms. The quantitative estimate of drug-likeness (QED) is 0.795. The largest absolute Gasteiger partial charge is 0.365 e. The number of hydrogen-bond donors (Lipinski definition) is 2. The van der Waals surface area contributed by atoms with E-state index in [-0.39, 0.29) is 15.7 Å². The molecule has 0 saturated carbocycles. The molecule has 0 spiro atoms. The van der Waals surface area contributed by atoms with Crippen LogP contribution in [0.1, 0.15) is 10.4 Å². The van der Waals surface area contributed by atoms with Crippen LogP contribution in [0, 0.1) is 0 Å². The Bertz CT molecular complexity index is 908. The Morgan fingerprint density at radius 2 is 2.04 bits per heavy atom. The van der Waals surface area contributed by atoms with Crippen molar-refractivity contribution in [2.45, 2.75) is 5.03 Å². The SMILES string of the molecule is CN(C)C(=O)c1cccnc1S(=O)(=O)Nc1c[nH]cc(Br)c1=O. The van der Waals surface area contributed by atoms with Crippen LogP contribution in [0.4, 0.5) is 5.69 Å². The second-order valence-electron chi connectivity index (χ2n) is 4.71. The Kier molecular flexibility index (Phi) is 4.85. The molecule has 2 aromatic heterocycles. The maximum Gasteiger partial charge on any atom is 0.280 e. The Balaban J connectivity index is 2.51. The van der Waals surface area contributed by atoms with Gasteiger partial charge >= 0.3 is 0 Å². The Labute approximate surface area is 140 Å². The third-order valence-corrected chi connectivity index (χ3v) is 4.72. The van der Waals surface area contributed by atoms with Crippen LogP contribution in [0.2, 0.25) is 0 Å². The van der Waals surface area contributed by atoms with Crippen molar-refractivity contribution < 1.29 is 13.2 Å². The van der Waals surface area contributed by atoms with Crippen molar-refractivity contribution in [2.24, 2.45) is 0 Å². The zero-order valence-electron chi connectivity index (χ0n) is 12.2. The number of H-pyrrole nitrogens is 1. The van der Waals surface area contributed by atoms with Crippen LogP contribution in [0.25, 0.3) is 0 Å². The predicted molar refractivity (Wildman–Crippen MR) is 87.8 cm³/mol. The van der Waals surface area contributed by atoms with Crippen LogP contribution >= 0.6 is 15.9 Å². The average molecular weight is 401 g/mol. The van der Waals surface area contributed by atoms with Gasteiger partial charge in [-0.15, -0.1) is 0 Å². The smallest absolute Gasteiger partial charge is 0.280 e. The molecule has 122 valence electrons. The third kappa shape index (κ3) is 3.59. The van der Waals surface area contributed by atoms with Crippen LogP contribution in [-0.4, -0.2) is 43.3 Å². The van der Waals surface area contributed by atoms with E-state index in [0.29, 0.717) is 0 Å². The number of nitrogens with zero attached hydrogens (tertiary/aromatic N) is 2. The number of hydrogen-bond acceptors (Lipinski definition) is 5. The molecule has 0 radical (unpaired) electrons. The summed E-state index contributed by atoms with van der Waals surface area (Å²) in [4.78, 5) is 31.7. The van der Waals surface area contributed by atoms with E-state index in [0.717, 1.165) is 0 Å². The van der Waals surface area contributed by atoms with E-state index in [4.69, 9.17) is 0 Å². The number of nitrogens with one attached hydrogen (secondary N) is 2. The third-order valence-electron chi connectivity index (χ3n) is 2.81. The molecule has 0 unspecified atom stereocenters. The molecule has 0 saturated heterocycles. The summed E-state index contributed by atoms with van der Waals surface area (Å²) in [6.07, 6.45) is 3.84. The van der Waals surface area contributed by atoms with Crippen LogP contribution in [0.3, 0.4) is 0 Å². The molecule has 0 bridgehead atoms. The maximum atomic E-state index is 12.5. The normalized spacial score (nSPS) is 11.1. The molecule has 8 nitrogen and oxygen atoms in total. The molecule has 23 heavy (non-hydrogen) atoms. The fourth-order valence-electron chi connectivity index (χ4n) is 1.74. The number of carbonyl (C=O) groups is 1. The van der Waals surface area contributed by atoms with Crippen molar-refractivity contribution in [1.29, 1.82) is 0 Å². The number of amides is 1. The molecule has 0 aromatic carbocycles. The van der Waals surface area contributed by atoms with Gasteiger partial charge in [0, 0.05) is 32.7 Å². The molecular weight excluding hydrogens is 388 g/mol. The molecule has 0 aliphatic rings. The summed E-state index contributed by atoms with van der Waals surface area (Å²) in [6, 6.07) is 2.82. The number of rotatable bonds is 4. The van der Waals surface area contributed by atoms with Crippen LogP contribution in [-0.2, 0) is 10.0 Å². The summed E-state index contributed by atoms with van der Waals surface area (Å²) in [7, 11) is -1.21. The first kappa shape index (κ1) is 17.2. The Morgan fingerprint density at radius 1 is 1.35 bits per heavy atom. The highest BCUT2D eigenvalue weighted by Crippen LogP contribution is 2.17. The lowest BCUT2D eigenvalue weighted by atomic mass is 10.2. The van der Waals surface area contributed by atoms with Gasteiger partial charge in [-0.2, -0.15) is 8.42 Å². The molecule has 1 amide bonds. The summed E-state index contributed by atoms with van der Waals surface area (Å²) >= 11 is 3.01. The highest BCUT2D eigenvalue weighted by atomic mass is 79.9. The molecular formula is C13H13BrN4O4S. The molecule has 2 rings (SSSR count). The minimum atomic E-state index is -4.21. The van der Waals surface area contributed by atoms with Crippen LogP contribution in [0.5, 0.6) is 0 Å². The number of pyridine rings is 2. The average Bonchev–Trinajstić information content (AvgIpc) is 2.51. The van der Waals surface area contributed by atoms with Crippen molar-refractivity contribution in [3.05, 3.63) is 51.0 Å². The van der Waals surface area contributed by atoms with Gasteiger partial charge in [0.25, 0.3) is 15.9 Å². The fourth-order valence-corrected chi connectivity index (χ4v) is 3.26. The molecule has 0 fully saturated rings. The lowest BCUT2D eigenvalue weighted by Crippen LogP contribution is -2.27. The Hall–Kier alpha value is -2.20. The molecule has 0 aliphatic carbocycles. The van der Waals surface area contributed by atoms with Crippen molar-refractivity contribution in [2.75, 3.05) is 18.8 Å². The lowest BCUT2D eigenvalue weighted by Gasteiger charge is -2.14. The topological polar surface area (TPSA) is 112 Å².